The fraction of sp³-hybridized carbons (Fsp3) is 0.889. The summed E-state index contributed by atoms with van der Waals surface area (Å²) >= 11 is 5.02. The fourth-order valence-electron chi connectivity index (χ4n) is 1.40. The predicted molar refractivity (Wildman–Crippen MR) is 57.8 cm³/mol. The molecule has 0 aromatic carbocycles. The number of nitrogens with two attached hydrogens (primary N) is 1. The summed E-state index contributed by atoms with van der Waals surface area (Å²) in [7, 11) is 0. The van der Waals surface area contributed by atoms with E-state index >= 15 is 0 Å². The van der Waals surface area contributed by atoms with Gasteiger partial charge in [0.1, 0.15) is 0 Å². The van der Waals surface area contributed by atoms with Crippen LogP contribution in [0.5, 0.6) is 0 Å². The minimum atomic E-state index is -0.0628. The topological polar surface area (TPSA) is 38.5 Å². The second kappa shape index (κ2) is 4.35. The van der Waals surface area contributed by atoms with Crippen molar-refractivity contribution in [3.05, 3.63) is 0 Å². The molecule has 0 aliphatic carbocycles. The molecule has 0 unspecified atom stereocenters. The van der Waals surface area contributed by atoms with E-state index in [2.05, 4.69) is 18.7 Å². The summed E-state index contributed by atoms with van der Waals surface area (Å²) in [4.78, 5) is 2.95. The molecular formula is C9H18N2OS. The molecule has 0 aromatic heterocycles. The number of ether oxygens (including phenoxy) is 1. The van der Waals surface area contributed by atoms with Crippen LogP contribution in [0.25, 0.3) is 0 Å². The molecule has 0 radical (unpaired) electrons. The number of rotatable bonds is 3. The van der Waals surface area contributed by atoms with Crippen molar-refractivity contribution in [2.24, 2.45) is 11.1 Å². The van der Waals surface area contributed by atoms with Crippen molar-refractivity contribution in [1.82, 2.24) is 4.90 Å². The fourth-order valence-corrected chi connectivity index (χ4v) is 1.46. The van der Waals surface area contributed by atoms with Crippen molar-refractivity contribution < 1.29 is 4.74 Å². The van der Waals surface area contributed by atoms with Crippen LogP contribution in [-0.2, 0) is 4.74 Å². The van der Waals surface area contributed by atoms with Crippen LogP contribution in [0.15, 0.2) is 0 Å². The van der Waals surface area contributed by atoms with E-state index in [0.29, 0.717) is 4.99 Å². The molecule has 76 valence electrons. The van der Waals surface area contributed by atoms with Crippen LogP contribution in [0.1, 0.15) is 13.8 Å². The lowest BCUT2D eigenvalue weighted by molar-refractivity contribution is 0.0287. The zero-order valence-electron chi connectivity index (χ0n) is 8.38. The van der Waals surface area contributed by atoms with Crippen LogP contribution in [0.2, 0.25) is 0 Å². The lowest BCUT2D eigenvalue weighted by atomic mass is 9.93. The molecule has 1 aliphatic rings. The third-order valence-electron chi connectivity index (χ3n) is 2.39. The predicted octanol–water partition coefficient (Wildman–Crippen LogP) is 0.631. The van der Waals surface area contributed by atoms with Crippen molar-refractivity contribution >= 4 is 17.2 Å². The van der Waals surface area contributed by atoms with Crippen LogP contribution < -0.4 is 5.73 Å². The Morgan fingerprint density at radius 2 is 2.00 bits per heavy atom. The second-order valence-corrected chi connectivity index (χ2v) is 4.58. The molecular weight excluding hydrogens is 184 g/mol. The van der Waals surface area contributed by atoms with Crippen LogP contribution in [0.4, 0.5) is 0 Å². The van der Waals surface area contributed by atoms with Crippen LogP contribution in [-0.4, -0.2) is 42.7 Å². The van der Waals surface area contributed by atoms with Crippen molar-refractivity contribution in [2.75, 3.05) is 32.8 Å². The van der Waals surface area contributed by atoms with Crippen molar-refractivity contribution in [2.45, 2.75) is 13.8 Å². The normalized spacial score (nSPS) is 20.2. The highest BCUT2D eigenvalue weighted by molar-refractivity contribution is 7.80. The molecule has 1 heterocycles. The molecule has 1 fully saturated rings. The molecule has 2 N–H and O–H groups in total. The molecule has 1 aliphatic heterocycles. The molecule has 1 saturated heterocycles. The molecule has 13 heavy (non-hydrogen) atoms. The van der Waals surface area contributed by atoms with Gasteiger partial charge in [-0.1, -0.05) is 26.1 Å². The van der Waals surface area contributed by atoms with Gasteiger partial charge in [0.2, 0.25) is 0 Å². The van der Waals surface area contributed by atoms with E-state index in [4.69, 9.17) is 22.7 Å². The molecule has 3 nitrogen and oxygen atoms in total. The zero-order chi connectivity index (χ0) is 9.90. The summed E-state index contributed by atoms with van der Waals surface area (Å²) in [6.45, 7) is 8.75. The Balaban J connectivity index is 2.41. The highest BCUT2D eigenvalue weighted by atomic mass is 32.1. The summed E-state index contributed by atoms with van der Waals surface area (Å²) in [6.07, 6.45) is 0. The zero-order valence-corrected chi connectivity index (χ0v) is 9.19. The van der Waals surface area contributed by atoms with Gasteiger partial charge in [0.25, 0.3) is 0 Å². The van der Waals surface area contributed by atoms with Gasteiger partial charge in [-0.15, -0.1) is 0 Å². The Bertz CT molecular complexity index is 188. The minimum Gasteiger partial charge on any atom is -0.393 e. The number of morpholine rings is 1. The Morgan fingerprint density at radius 3 is 2.46 bits per heavy atom. The molecule has 0 atom stereocenters. The van der Waals surface area contributed by atoms with Gasteiger partial charge in [-0.3, -0.25) is 4.90 Å². The van der Waals surface area contributed by atoms with E-state index in [9.17, 15) is 0 Å². The summed E-state index contributed by atoms with van der Waals surface area (Å²) < 4.78 is 5.27. The summed E-state index contributed by atoms with van der Waals surface area (Å²) in [5.74, 6) is 0. The molecule has 0 amide bonds. The molecule has 0 bridgehead atoms. The first-order valence-electron chi connectivity index (χ1n) is 4.62. The smallest absolute Gasteiger partial charge is 0.0797 e. The van der Waals surface area contributed by atoms with Gasteiger partial charge in [0.15, 0.2) is 0 Å². The van der Waals surface area contributed by atoms with Gasteiger partial charge < -0.3 is 10.5 Å². The van der Waals surface area contributed by atoms with Crippen LogP contribution in [0, 0.1) is 5.41 Å². The van der Waals surface area contributed by atoms with E-state index in [1.54, 1.807) is 0 Å². The quantitative estimate of drug-likeness (QED) is 0.681. The summed E-state index contributed by atoms with van der Waals surface area (Å²) in [5.41, 5.74) is 5.60. The van der Waals surface area contributed by atoms with E-state index in [-0.39, 0.29) is 5.41 Å². The lowest BCUT2D eigenvalue weighted by Crippen LogP contribution is -2.46. The van der Waals surface area contributed by atoms with Gasteiger partial charge in [0.05, 0.1) is 18.2 Å². The average Bonchev–Trinajstić information content (AvgIpc) is 2.05. The Kier molecular flexibility index (Phi) is 3.64. The number of thiocarbonyl (C=S) groups is 1. The molecule has 0 spiro atoms. The third kappa shape index (κ3) is 3.21. The number of nitrogens with zero attached hydrogens (tertiary/aromatic N) is 1. The second-order valence-electron chi connectivity index (χ2n) is 4.14. The van der Waals surface area contributed by atoms with E-state index in [1.165, 1.54) is 0 Å². The highest BCUT2D eigenvalue weighted by Crippen LogP contribution is 2.17. The van der Waals surface area contributed by atoms with Gasteiger partial charge in [-0.05, 0) is 0 Å². The maximum atomic E-state index is 5.66. The van der Waals surface area contributed by atoms with E-state index in [1.807, 2.05) is 0 Å². The number of hydrogen-bond acceptors (Lipinski definition) is 3. The third-order valence-corrected chi connectivity index (χ3v) is 2.94. The van der Waals surface area contributed by atoms with Crippen molar-refractivity contribution in [3.63, 3.8) is 0 Å². The molecule has 0 aromatic rings. The van der Waals surface area contributed by atoms with Gasteiger partial charge >= 0.3 is 0 Å². The molecule has 4 heteroatoms. The van der Waals surface area contributed by atoms with Crippen molar-refractivity contribution in [1.29, 1.82) is 0 Å². The van der Waals surface area contributed by atoms with Gasteiger partial charge in [-0.2, -0.15) is 0 Å². The monoisotopic (exact) mass is 202 g/mol. The lowest BCUT2D eigenvalue weighted by Gasteiger charge is -2.34. The van der Waals surface area contributed by atoms with Crippen molar-refractivity contribution in [3.8, 4) is 0 Å². The van der Waals surface area contributed by atoms with E-state index < -0.39 is 0 Å². The Labute approximate surface area is 85.2 Å². The largest absolute Gasteiger partial charge is 0.393 e. The first-order chi connectivity index (χ1) is 6.02. The Morgan fingerprint density at radius 1 is 1.46 bits per heavy atom. The maximum Gasteiger partial charge on any atom is 0.0797 e. The first-order valence-corrected chi connectivity index (χ1v) is 5.03. The number of hydrogen-bond donors (Lipinski definition) is 1. The maximum absolute atomic E-state index is 5.66. The SMILES string of the molecule is CC(C)(CN1CCOCC1)C(N)=S. The minimum absolute atomic E-state index is 0.0628. The van der Waals surface area contributed by atoms with Crippen LogP contribution in [0.3, 0.4) is 0 Å². The van der Waals surface area contributed by atoms with Gasteiger partial charge in [0, 0.05) is 25.0 Å². The highest BCUT2D eigenvalue weighted by Gasteiger charge is 2.25. The molecule has 0 saturated carbocycles. The first kappa shape index (κ1) is 10.9. The van der Waals surface area contributed by atoms with Crippen LogP contribution >= 0.6 is 12.2 Å². The summed E-state index contributed by atoms with van der Waals surface area (Å²) in [5, 5.41) is 0. The standard InChI is InChI=1S/C9H18N2OS/c1-9(2,8(10)13)7-11-3-5-12-6-4-11/h3-7H2,1-2H3,(H2,10,13). The average molecular weight is 202 g/mol. The van der Waals surface area contributed by atoms with Gasteiger partial charge in [-0.25, -0.2) is 0 Å². The summed E-state index contributed by atoms with van der Waals surface area (Å²) in [6, 6.07) is 0. The Hall–Kier alpha value is -0.190. The van der Waals surface area contributed by atoms with E-state index in [0.717, 1.165) is 32.8 Å². The molecule has 1 rings (SSSR count).